The van der Waals surface area contributed by atoms with Gasteiger partial charge in [-0.25, -0.2) is 0 Å². The Balaban J connectivity index is 1.56. The molecule has 2 heterocycles. The Labute approximate surface area is 343 Å². The van der Waals surface area contributed by atoms with Crippen LogP contribution in [0.5, 0.6) is 0 Å². The Kier molecular flexibility index (Phi) is 17.5. The fourth-order valence-corrected chi connectivity index (χ4v) is 6.70. The molecule has 3 aromatic carbocycles. The van der Waals surface area contributed by atoms with E-state index in [1.165, 1.54) is 6.92 Å². The van der Waals surface area contributed by atoms with Gasteiger partial charge in [0.05, 0.1) is 33.0 Å². The van der Waals surface area contributed by atoms with Gasteiger partial charge in [0.25, 0.3) is 0 Å². The molecule has 2 saturated heterocycles. The number of esters is 4. The molecule has 2 aliphatic rings. The lowest BCUT2D eigenvalue weighted by Gasteiger charge is -2.49. The monoisotopic (exact) mass is 820 g/mol. The molecule has 15 heteroatoms. The van der Waals surface area contributed by atoms with Crippen LogP contribution in [0.4, 0.5) is 0 Å². The molecule has 0 saturated carbocycles. The van der Waals surface area contributed by atoms with Gasteiger partial charge in [0.1, 0.15) is 37.1 Å². The molecule has 5 rings (SSSR count). The number of hydrogen-bond donors (Lipinski definition) is 0. The Morgan fingerprint density at radius 2 is 1.02 bits per heavy atom. The Morgan fingerprint density at radius 3 is 1.54 bits per heavy atom. The standard InChI is InChI=1S/C44H52O15/c1-6-22-50-41-39(53-25-34-20-14-9-15-21-34)37(52-24-33-18-12-8-13-19-33)35(26-49-23-32-16-10-7-11-17-32)57-43(41)59-42-40(55-30(4)47)38(54-29(3)46)36(27-51-28(2)45)58-44(42)56-31(5)48/h6-21,35-44H,1,22-27H2,2-5H3/t35-,36-,37-,38-,39+,40+,41-,42-,43+,44-/m1/s1. The van der Waals surface area contributed by atoms with Gasteiger partial charge in [-0.05, 0) is 16.7 Å². The molecule has 0 bridgehead atoms. The summed E-state index contributed by atoms with van der Waals surface area (Å²) in [4.78, 5) is 49.6. The van der Waals surface area contributed by atoms with Crippen LogP contribution in [0.2, 0.25) is 0 Å². The van der Waals surface area contributed by atoms with Crippen molar-refractivity contribution >= 4 is 23.9 Å². The first kappa shape index (κ1) is 45.1. The Bertz CT molecular complexity index is 1770. The first-order valence-electron chi connectivity index (χ1n) is 19.3. The average Bonchev–Trinajstić information content (AvgIpc) is 3.21. The molecule has 0 unspecified atom stereocenters. The summed E-state index contributed by atoms with van der Waals surface area (Å²) in [6.07, 6.45) is -10.8. The third-order valence-electron chi connectivity index (χ3n) is 9.18. The molecule has 2 fully saturated rings. The van der Waals surface area contributed by atoms with Crippen molar-refractivity contribution in [1.82, 2.24) is 0 Å². The number of rotatable bonds is 20. The number of ether oxygens (including phenoxy) is 11. The smallest absolute Gasteiger partial charge is 0.305 e. The summed E-state index contributed by atoms with van der Waals surface area (Å²) in [6, 6.07) is 28.7. The summed E-state index contributed by atoms with van der Waals surface area (Å²) in [7, 11) is 0. The lowest BCUT2D eigenvalue weighted by atomic mass is 9.96. The molecule has 318 valence electrons. The van der Waals surface area contributed by atoms with E-state index in [1.54, 1.807) is 6.08 Å². The van der Waals surface area contributed by atoms with E-state index in [2.05, 4.69) is 6.58 Å². The molecule has 2 aliphatic heterocycles. The molecule has 0 aliphatic carbocycles. The Hall–Kier alpha value is -5.00. The van der Waals surface area contributed by atoms with Crippen LogP contribution >= 0.6 is 0 Å². The maximum Gasteiger partial charge on any atom is 0.305 e. The maximum absolute atomic E-state index is 12.7. The molecule has 0 radical (unpaired) electrons. The van der Waals surface area contributed by atoms with E-state index in [0.717, 1.165) is 37.5 Å². The van der Waals surface area contributed by atoms with E-state index in [0.29, 0.717) is 0 Å². The van der Waals surface area contributed by atoms with Gasteiger partial charge in [-0.1, -0.05) is 97.1 Å². The highest BCUT2D eigenvalue weighted by molar-refractivity contribution is 5.68. The SMILES string of the molecule is C=CCO[C@H]1[C@H](O[C@H]2[C@H](OC(C)=O)O[C@H](COC(C)=O)[C@@H](OC(C)=O)[C@@H]2OC(C)=O)O[C@H](COCc2ccccc2)[C@@H](OCc2ccccc2)[C@@H]1OCc1ccccc1. The largest absolute Gasteiger partial charge is 0.463 e. The van der Waals surface area contributed by atoms with Crippen molar-refractivity contribution in [3.63, 3.8) is 0 Å². The normalized spacial score (nSPS) is 26.6. The zero-order valence-electron chi connectivity index (χ0n) is 33.6. The van der Waals surface area contributed by atoms with Crippen molar-refractivity contribution in [3.05, 3.63) is 120 Å². The van der Waals surface area contributed by atoms with Gasteiger partial charge in [-0.15, -0.1) is 6.58 Å². The summed E-state index contributed by atoms with van der Waals surface area (Å²) in [5, 5.41) is 0. The van der Waals surface area contributed by atoms with E-state index in [-0.39, 0.29) is 33.0 Å². The third kappa shape index (κ3) is 13.8. The zero-order valence-corrected chi connectivity index (χ0v) is 33.6. The second-order valence-corrected chi connectivity index (χ2v) is 13.9. The number of carbonyl (C=O) groups excluding carboxylic acids is 4. The van der Waals surface area contributed by atoms with Crippen LogP contribution in [0.25, 0.3) is 0 Å². The predicted molar refractivity (Wildman–Crippen MR) is 208 cm³/mol. The van der Waals surface area contributed by atoms with Gasteiger partial charge in [-0.2, -0.15) is 0 Å². The summed E-state index contributed by atoms with van der Waals surface area (Å²) in [5.74, 6) is -2.99. The average molecular weight is 821 g/mol. The molecule has 0 N–H and O–H groups in total. The van der Waals surface area contributed by atoms with E-state index >= 15 is 0 Å². The van der Waals surface area contributed by atoms with E-state index < -0.39 is 91.9 Å². The minimum Gasteiger partial charge on any atom is -0.463 e. The molecule has 15 nitrogen and oxygen atoms in total. The van der Waals surface area contributed by atoms with Crippen LogP contribution in [0.1, 0.15) is 44.4 Å². The van der Waals surface area contributed by atoms with Crippen molar-refractivity contribution in [3.8, 4) is 0 Å². The van der Waals surface area contributed by atoms with Crippen LogP contribution in [0.15, 0.2) is 104 Å². The first-order valence-corrected chi connectivity index (χ1v) is 19.3. The summed E-state index contributed by atoms with van der Waals surface area (Å²) >= 11 is 0. The lowest BCUT2D eigenvalue weighted by Crippen LogP contribution is -2.67. The van der Waals surface area contributed by atoms with Crippen molar-refractivity contribution in [2.24, 2.45) is 0 Å². The molecule has 0 amide bonds. The number of benzene rings is 3. The highest BCUT2D eigenvalue weighted by Crippen LogP contribution is 2.36. The highest BCUT2D eigenvalue weighted by Gasteiger charge is 2.56. The van der Waals surface area contributed by atoms with Gasteiger partial charge >= 0.3 is 23.9 Å². The van der Waals surface area contributed by atoms with Gasteiger partial charge in [0.2, 0.25) is 6.29 Å². The fraction of sp³-hybridized carbons (Fsp3) is 0.455. The van der Waals surface area contributed by atoms with Crippen LogP contribution in [0, 0.1) is 0 Å². The maximum atomic E-state index is 12.7. The number of hydrogen-bond acceptors (Lipinski definition) is 15. The second kappa shape index (κ2) is 23.0. The highest BCUT2D eigenvalue weighted by atomic mass is 16.8. The van der Waals surface area contributed by atoms with Crippen molar-refractivity contribution < 1.29 is 71.3 Å². The summed E-state index contributed by atoms with van der Waals surface area (Å²) in [5.41, 5.74) is 2.69. The summed E-state index contributed by atoms with van der Waals surface area (Å²) < 4.78 is 67.7. The van der Waals surface area contributed by atoms with Crippen LogP contribution < -0.4 is 0 Å². The van der Waals surface area contributed by atoms with E-state index in [1.807, 2.05) is 91.0 Å². The fourth-order valence-electron chi connectivity index (χ4n) is 6.70. The first-order chi connectivity index (χ1) is 28.5. The minimum absolute atomic E-state index is 0.00393. The number of carbonyl (C=O) groups is 4. The van der Waals surface area contributed by atoms with Gasteiger partial charge in [-0.3, -0.25) is 19.2 Å². The van der Waals surface area contributed by atoms with Crippen molar-refractivity contribution in [1.29, 1.82) is 0 Å². The second-order valence-electron chi connectivity index (χ2n) is 13.9. The minimum atomic E-state index is -1.60. The van der Waals surface area contributed by atoms with E-state index in [9.17, 15) is 19.2 Å². The molecule has 0 spiro atoms. The van der Waals surface area contributed by atoms with Crippen LogP contribution in [-0.4, -0.2) is 105 Å². The lowest BCUT2D eigenvalue weighted by molar-refractivity contribution is -0.372. The molecule has 3 aromatic rings. The summed E-state index contributed by atoms with van der Waals surface area (Å²) in [6.45, 7) is 8.59. The predicted octanol–water partition coefficient (Wildman–Crippen LogP) is 4.77. The molecule has 59 heavy (non-hydrogen) atoms. The van der Waals surface area contributed by atoms with Crippen molar-refractivity contribution in [2.75, 3.05) is 19.8 Å². The topological polar surface area (TPSA) is 170 Å². The van der Waals surface area contributed by atoms with Crippen LogP contribution in [-0.2, 0) is 91.1 Å². The third-order valence-corrected chi connectivity index (χ3v) is 9.18. The van der Waals surface area contributed by atoms with Gasteiger partial charge in [0, 0.05) is 27.7 Å². The van der Waals surface area contributed by atoms with Crippen molar-refractivity contribution in [2.45, 2.75) is 109 Å². The molecular formula is C44H52O15. The zero-order chi connectivity index (χ0) is 42.1. The van der Waals surface area contributed by atoms with Crippen LogP contribution in [0.3, 0.4) is 0 Å². The molecular weight excluding hydrogens is 768 g/mol. The van der Waals surface area contributed by atoms with E-state index in [4.69, 9.17) is 52.1 Å². The Morgan fingerprint density at radius 1 is 0.525 bits per heavy atom. The van der Waals surface area contributed by atoms with Gasteiger partial charge < -0.3 is 52.1 Å². The molecule has 10 atom stereocenters. The van der Waals surface area contributed by atoms with Gasteiger partial charge in [0.15, 0.2) is 24.6 Å². The molecule has 0 aromatic heterocycles. The quantitative estimate of drug-likeness (QED) is 0.0868.